The molecule has 3 aromatic rings. The highest BCUT2D eigenvalue weighted by Gasteiger charge is 2.09. The van der Waals surface area contributed by atoms with Gasteiger partial charge in [0, 0.05) is 29.4 Å². The molecule has 1 aromatic carbocycles. The fraction of sp³-hybridized carbons (Fsp3) is 0.0769. The Morgan fingerprint density at radius 1 is 1.22 bits per heavy atom. The maximum absolute atomic E-state index is 5.91. The Hall–Kier alpha value is -1.91. The number of nitrogens with zero attached hydrogens (tertiary/aromatic N) is 2. The van der Waals surface area contributed by atoms with E-state index in [4.69, 9.17) is 21.8 Å². The van der Waals surface area contributed by atoms with Crippen LogP contribution in [0.25, 0.3) is 22.6 Å². The summed E-state index contributed by atoms with van der Waals surface area (Å²) in [5.74, 6) is 0.546. The average molecular weight is 260 g/mol. The van der Waals surface area contributed by atoms with Crippen molar-refractivity contribution in [2.45, 2.75) is 6.54 Å². The SMILES string of the molecule is NCc1cc(-c2nc3ccc(Cl)cc3o2)ccn1. The van der Waals surface area contributed by atoms with Gasteiger partial charge in [-0.1, -0.05) is 11.6 Å². The standard InChI is InChI=1S/C13H10ClN3O/c14-9-1-2-11-12(6-9)18-13(17-11)8-3-4-16-10(5-8)7-15/h1-6H,7,15H2. The van der Waals surface area contributed by atoms with Gasteiger partial charge in [0.2, 0.25) is 5.89 Å². The molecule has 5 heteroatoms. The van der Waals surface area contributed by atoms with Crippen molar-refractivity contribution in [2.75, 3.05) is 0 Å². The molecule has 0 atom stereocenters. The molecule has 18 heavy (non-hydrogen) atoms. The number of benzene rings is 1. The summed E-state index contributed by atoms with van der Waals surface area (Å²) >= 11 is 5.91. The van der Waals surface area contributed by atoms with E-state index < -0.39 is 0 Å². The van der Waals surface area contributed by atoms with Gasteiger partial charge in [0.1, 0.15) is 5.52 Å². The number of hydrogen-bond donors (Lipinski definition) is 1. The lowest BCUT2D eigenvalue weighted by Gasteiger charge is -1.97. The molecule has 0 fully saturated rings. The van der Waals surface area contributed by atoms with E-state index >= 15 is 0 Å². The molecule has 2 N–H and O–H groups in total. The van der Waals surface area contributed by atoms with Crippen molar-refractivity contribution in [1.29, 1.82) is 0 Å². The highest BCUT2D eigenvalue weighted by molar-refractivity contribution is 6.31. The maximum atomic E-state index is 5.91. The van der Waals surface area contributed by atoms with Gasteiger partial charge in [0.05, 0.1) is 5.69 Å². The molecule has 90 valence electrons. The first-order valence-electron chi connectivity index (χ1n) is 5.48. The molecule has 4 nitrogen and oxygen atoms in total. The lowest BCUT2D eigenvalue weighted by Crippen LogP contribution is -1.98. The number of oxazole rings is 1. The van der Waals surface area contributed by atoms with Crippen LogP contribution in [0.15, 0.2) is 40.9 Å². The van der Waals surface area contributed by atoms with Crippen molar-refractivity contribution in [1.82, 2.24) is 9.97 Å². The second kappa shape index (κ2) is 4.40. The number of aromatic nitrogens is 2. The fourth-order valence-corrected chi connectivity index (χ4v) is 1.91. The summed E-state index contributed by atoms with van der Waals surface area (Å²) in [6.07, 6.45) is 1.69. The lowest BCUT2D eigenvalue weighted by atomic mass is 10.2. The molecule has 0 aliphatic carbocycles. The van der Waals surface area contributed by atoms with E-state index in [9.17, 15) is 0 Å². The third-order valence-corrected chi connectivity index (χ3v) is 2.86. The van der Waals surface area contributed by atoms with Crippen LogP contribution in [0.1, 0.15) is 5.69 Å². The first kappa shape index (κ1) is 11.2. The average Bonchev–Trinajstić information content (AvgIpc) is 2.81. The van der Waals surface area contributed by atoms with Crippen molar-refractivity contribution in [3.05, 3.63) is 47.2 Å². The first-order chi connectivity index (χ1) is 8.76. The van der Waals surface area contributed by atoms with Crippen LogP contribution in [0.3, 0.4) is 0 Å². The first-order valence-corrected chi connectivity index (χ1v) is 5.85. The minimum Gasteiger partial charge on any atom is -0.436 e. The second-order valence-electron chi connectivity index (χ2n) is 3.87. The van der Waals surface area contributed by atoms with E-state index in [0.29, 0.717) is 23.0 Å². The van der Waals surface area contributed by atoms with Gasteiger partial charge in [-0.05, 0) is 24.3 Å². The molecule has 0 aliphatic rings. The third kappa shape index (κ3) is 1.96. The van der Waals surface area contributed by atoms with Crippen LogP contribution in [0.4, 0.5) is 0 Å². The zero-order valence-corrected chi connectivity index (χ0v) is 10.2. The molecule has 0 aliphatic heterocycles. The molecular formula is C13H10ClN3O. The van der Waals surface area contributed by atoms with Gasteiger partial charge in [-0.25, -0.2) is 4.98 Å². The number of pyridine rings is 1. The van der Waals surface area contributed by atoms with E-state index in [1.165, 1.54) is 0 Å². The van der Waals surface area contributed by atoms with E-state index in [-0.39, 0.29) is 0 Å². The Morgan fingerprint density at radius 2 is 2.11 bits per heavy atom. The second-order valence-corrected chi connectivity index (χ2v) is 4.31. The van der Waals surface area contributed by atoms with E-state index in [1.54, 1.807) is 18.3 Å². The monoisotopic (exact) mass is 259 g/mol. The minimum atomic E-state index is 0.389. The minimum absolute atomic E-state index is 0.389. The largest absolute Gasteiger partial charge is 0.436 e. The van der Waals surface area contributed by atoms with Crippen LogP contribution in [0.2, 0.25) is 5.02 Å². The number of rotatable bonds is 2. The molecule has 0 spiro atoms. The number of hydrogen-bond acceptors (Lipinski definition) is 4. The molecule has 2 heterocycles. The van der Waals surface area contributed by atoms with Crippen molar-refractivity contribution in [3.8, 4) is 11.5 Å². The van der Waals surface area contributed by atoms with E-state index in [0.717, 1.165) is 16.8 Å². The van der Waals surface area contributed by atoms with Crippen LogP contribution >= 0.6 is 11.6 Å². The van der Waals surface area contributed by atoms with Gasteiger partial charge >= 0.3 is 0 Å². The summed E-state index contributed by atoms with van der Waals surface area (Å²) in [7, 11) is 0. The molecular weight excluding hydrogens is 250 g/mol. The Bertz CT molecular complexity index is 708. The number of nitrogens with two attached hydrogens (primary N) is 1. The summed E-state index contributed by atoms with van der Waals surface area (Å²) in [6, 6.07) is 9.07. The summed E-state index contributed by atoms with van der Waals surface area (Å²) in [6.45, 7) is 0.389. The van der Waals surface area contributed by atoms with Crippen molar-refractivity contribution < 1.29 is 4.42 Å². The van der Waals surface area contributed by atoms with Crippen molar-refractivity contribution in [3.63, 3.8) is 0 Å². The Balaban J connectivity index is 2.13. The molecule has 0 radical (unpaired) electrons. The smallest absolute Gasteiger partial charge is 0.227 e. The van der Waals surface area contributed by atoms with Crippen molar-refractivity contribution >= 4 is 22.7 Å². The van der Waals surface area contributed by atoms with Gasteiger partial charge < -0.3 is 10.2 Å². The number of halogens is 1. The summed E-state index contributed by atoms with van der Waals surface area (Å²) < 4.78 is 5.67. The molecule has 0 amide bonds. The highest BCUT2D eigenvalue weighted by Crippen LogP contribution is 2.26. The number of fused-ring (bicyclic) bond motifs is 1. The Labute approximate surface area is 108 Å². The van der Waals surface area contributed by atoms with Crippen LogP contribution in [-0.2, 0) is 6.54 Å². The van der Waals surface area contributed by atoms with Crippen molar-refractivity contribution in [2.24, 2.45) is 5.73 Å². The van der Waals surface area contributed by atoms with Crippen LogP contribution in [0.5, 0.6) is 0 Å². The lowest BCUT2D eigenvalue weighted by molar-refractivity contribution is 0.619. The Morgan fingerprint density at radius 3 is 2.94 bits per heavy atom. The topological polar surface area (TPSA) is 64.9 Å². The molecule has 0 bridgehead atoms. The van der Waals surface area contributed by atoms with E-state index in [1.807, 2.05) is 18.2 Å². The zero-order chi connectivity index (χ0) is 12.5. The molecule has 3 rings (SSSR count). The van der Waals surface area contributed by atoms with Crippen LogP contribution in [0, 0.1) is 0 Å². The van der Waals surface area contributed by atoms with Gasteiger partial charge in [0.15, 0.2) is 5.58 Å². The van der Waals surface area contributed by atoms with Gasteiger partial charge in [0.25, 0.3) is 0 Å². The fourth-order valence-electron chi connectivity index (χ4n) is 1.74. The summed E-state index contributed by atoms with van der Waals surface area (Å²) in [5.41, 5.74) is 8.67. The predicted molar refractivity (Wildman–Crippen MR) is 70.1 cm³/mol. The quantitative estimate of drug-likeness (QED) is 0.768. The predicted octanol–water partition coefficient (Wildman–Crippen LogP) is 3.00. The van der Waals surface area contributed by atoms with Crippen LogP contribution in [-0.4, -0.2) is 9.97 Å². The third-order valence-electron chi connectivity index (χ3n) is 2.62. The maximum Gasteiger partial charge on any atom is 0.227 e. The Kier molecular flexibility index (Phi) is 2.74. The molecule has 2 aromatic heterocycles. The molecule has 0 unspecified atom stereocenters. The van der Waals surface area contributed by atoms with E-state index in [2.05, 4.69) is 9.97 Å². The van der Waals surface area contributed by atoms with Crippen LogP contribution < -0.4 is 5.73 Å². The summed E-state index contributed by atoms with van der Waals surface area (Å²) in [5, 5.41) is 0.627. The zero-order valence-electron chi connectivity index (χ0n) is 9.43. The normalized spacial score (nSPS) is 11.0. The summed E-state index contributed by atoms with van der Waals surface area (Å²) in [4.78, 5) is 8.54. The molecule has 0 saturated heterocycles. The van der Waals surface area contributed by atoms with Gasteiger partial charge in [-0.15, -0.1) is 0 Å². The van der Waals surface area contributed by atoms with Gasteiger partial charge in [-0.3, -0.25) is 4.98 Å². The van der Waals surface area contributed by atoms with Gasteiger partial charge in [-0.2, -0.15) is 0 Å². The molecule has 0 saturated carbocycles. The highest BCUT2D eigenvalue weighted by atomic mass is 35.5.